The molecule has 0 spiro atoms. The van der Waals surface area contributed by atoms with Crippen molar-refractivity contribution in [2.24, 2.45) is 0 Å². The summed E-state index contributed by atoms with van der Waals surface area (Å²) in [6, 6.07) is 5.71. The Morgan fingerprint density at radius 3 is 2.65 bits per heavy atom. The zero-order valence-electron chi connectivity index (χ0n) is 9.36. The normalized spacial score (nSPS) is 30.5. The highest BCUT2D eigenvalue weighted by Gasteiger charge is 2.41. The van der Waals surface area contributed by atoms with E-state index >= 15 is 0 Å². The molecule has 2 aliphatic rings. The third-order valence-corrected chi connectivity index (χ3v) is 3.53. The lowest BCUT2D eigenvalue weighted by Crippen LogP contribution is -2.41. The first-order chi connectivity index (χ1) is 8.22. The van der Waals surface area contributed by atoms with Crippen molar-refractivity contribution in [3.05, 3.63) is 35.6 Å². The van der Waals surface area contributed by atoms with Gasteiger partial charge in [-0.3, -0.25) is 4.79 Å². The number of hydrogen-bond donors (Lipinski definition) is 1. The van der Waals surface area contributed by atoms with Crippen LogP contribution in [0.2, 0.25) is 0 Å². The number of nitrogens with one attached hydrogen (secondary N) is 1. The molecule has 3 atom stereocenters. The topological polar surface area (TPSA) is 38.3 Å². The third-order valence-electron chi connectivity index (χ3n) is 3.53. The molecule has 0 radical (unpaired) electrons. The summed E-state index contributed by atoms with van der Waals surface area (Å²) in [5, 5.41) is 2.96. The van der Waals surface area contributed by atoms with E-state index in [4.69, 9.17) is 4.74 Å². The molecule has 1 N–H and O–H groups in total. The number of hydrogen-bond acceptors (Lipinski definition) is 2. The number of rotatable bonds is 2. The second kappa shape index (κ2) is 4.11. The summed E-state index contributed by atoms with van der Waals surface area (Å²) < 4.78 is 18.4. The van der Waals surface area contributed by atoms with Crippen LogP contribution in [0.5, 0.6) is 0 Å². The number of halogens is 1. The van der Waals surface area contributed by atoms with E-state index in [1.165, 1.54) is 24.3 Å². The van der Waals surface area contributed by atoms with E-state index < -0.39 is 0 Å². The maximum atomic E-state index is 12.7. The molecule has 0 aromatic heterocycles. The maximum absolute atomic E-state index is 12.7. The zero-order valence-corrected chi connectivity index (χ0v) is 9.36. The van der Waals surface area contributed by atoms with E-state index in [0.29, 0.717) is 11.7 Å². The van der Waals surface area contributed by atoms with Crippen LogP contribution in [0.25, 0.3) is 0 Å². The van der Waals surface area contributed by atoms with Gasteiger partial charge < -0.3 is 10.1 Å². The number of amides is 1. The lowest BCUT2D eigenvalue weighted by molar-refractivity contribution is 0.0841. The second-order valence-corrected chi connectivity index (χ2v) is 4.70. The highest BCUT2D eigenvalue weighted by Crippen LogP contribution is 2.34. The predicted molar refractivity (Wildman–Crippen MR) is 60.2 cm³/mol. The fourth-order valence-corrected chi connectivity index (χ4v) is 2.64. The summed E-state index contributed by atoms with van der Waals surface area (Å²) in [4.78, 5) is 11.9. The molecule has 3 unspecified atom stereocenters. The quantitative estimate of drug-likeness (QED) is 0.850. The molecule has 3 nitrogen and oxygen atoms in total. The molecule has 17 heavy (non-hydrogen) atoms. The minimum absolute atomic E-state index is 0.117. The molecule has 4 heteroatoms. The van der Waals surface area contributed by atoms with E-state index in [1.807, 2.05) is 0 Å². The minimum Gasteiger partial charge on any atom is -0.373 e. The Balaban J connectivity index is 1.65. The number of fused-ring (bicyclic) bond motifs is 2. The molecule has 2 aliphatic heterocycles. The summed E-state index contributed by atoms with van der Waals surface area (Å²) >= 11 is 0. The Labute approximate surface area is 99.0 Å². The van der Waals surface area contributed by atoms with Gasteiger partial charge in [-0.1, -0.05) is 0 Å². The van der Waals surface area contributed by atoms with Crippen molar-refractivity contribution in [2.45, 2.75) is 37.5 Å². The van der Waals surface area contributed by atoms with Crippen LogP contribution >= 0.6 is 0 Å². The van der Waals surface area contributed by atoms with E-state index in [-0.39, 0.29) is 23.9 Å². The average molecular weight is 235 g/mol. The Morgan fingerprint density at radius 1 is 1.29 bits per heavy atom. The molecule has 3 rings (SSSR count). The molecule has 0 saturated carbocycles. The van der Waals surface area contributed by atoms with Crippen molar-refractivity contribution in [3.63, 3.8) is 0 Å². The van der Waals surface area contributed by atoms with Gasteiger partial charge in [0.2, 0.25) is 0 Å². The number of ether oxygens (including phenoxy) is 1. The highest BCUT2D eigenvalue weighted by atomic mass is 19.1. The molecule has 2 fully saturated rings. The number of carbonyl (C=O) groups excluding carboxylic acids is 1. The molecule has 1 aromatic rings. The van der Waals surface area contributed by atoms with Gasteiger partial charge in [0.15, 0.2) is 0 Å². The number of benzene rings is 1. The fraction of sp³-hybridized carbons (Fsp3) is 0.462. The van der Waals surface area contributed by atoms with Crippen LogP contribution in [-0.4, -0.2) is 24.2 Å². The summed E-state index contributed by atoms with van der Waals surface area (Å²) in [6.07, 6.45) is 3.52. The lowest BCUT2D eigenvalue weighted by Gasteiger charge is -2.19. The SMILES string of the molecule is O=C(NC1CC2CCC1O2)c1ccc(F)cc1. The molecule has 1 amide bonds. The van der Waals surface area contributed by atoms with E-state index in [2.05, 4.69) is 5.32 Å². The van der Waals surface area contributed by atoms with Crippen molar-refractivity contribution < 1.29 is 13.9 Å². The van der Waals surface area contributed by atoms with Crippen LogP contribution < -0.4 is 5.32 Å². The van der Waals surface area contributed by atoms with Gasteiger partial charge >= 0.3 is 0 Å². The van der Waals surface area contributed by atoms with Crippen LogP contribution in [0.4, 0.5) is 4.39 Å². The summed E-state index contributed by atoms with van der Waals surface area (Å²) in [5.41, 5.74) is 0.495. The van der Waals surface area contributed by atoms with Gasteiger partial charge in [-0.25, -0.2) is 4.39 Å². The van der Waals surface area contributed by atoms with Crippen molar-refractivity contribution in [1.29, 1.82) is 0 Å². The first-order valence-corrected chi connectivity index (χ1v) is 5.94. The molecule has 0 aliphatic carbocycles. The van der Waals surface area contributed by atoms with Gasteiger partial charge in [0.25, 0.3) is 5.91 Å². The molecule has 2 bridgehead atoms. The van der Waals surface area contributed by atoms with Gasteiger partial charge in [-0.2, -0.15) is 0 Å². The Morgan fingerprint density at radius 2 is 2.06 bits per heavy atom. The van der Waals surface area contributed by atoms with Crippen molar-refractivity contribution in [2.75, 3.05) is 0 Å². The second-order valence-electron chi connectivity index (χ2n) is 4.70. The van der Waals surface area contributed by atoms with Crippen molar-refractivity contribution in [3.8, 4) is 0 Å². The molecule has 1 aromatic carbocycles. The Bertz CT molecular complexity index is 432. The van der Waals surface area contributed by atoms with Gasteiger partial charge in [0.05, 0.1) is 18.2 Å². The monoisotopic (exact) mass is 235 g/mol. The largest absolute Gasteiger partial charge is 0.373 e. The zero-order chi connectivity index (χ0) is 11.8. The first kappa shape index (κ1) is 10.7. The Hall–Kier alpha value is -1.42. The van der Waals surface area contributed by atoms with Crippen LogP contribution in [0.1, 0.15) is 29.6 Å². The fourth-order valence-electron chi connectivity index (χ4n) is 2.64. The van der Waals surface area contributed by atoms with Crippen LogP contribution in [0.3, 0.4) is 0 Å². The summed E-state index contributed by atoms with van der Waals surface area (Å²) in [5.74, 6) is -0.476. The molecule has 2 heterocycles. The van der Waals surface area contributed by atoms with Crippen molar-refractivity contribution in [1.82, 2.24) is 5.32 Å². The highest BCUT2D eigenvalue weighted by molar-refractivity contribution is 5.94. The van der Waals surface area contributed by atoms with E-state index in [0.717, 1.165) is 19.3 Å². The molecular formula is C13H14FNO2. The maximum Gasteiger partial charge on any atom is 0.251 e. The van der Waals surface area contributed by atoms with Crippen LogP contribution in [0, 0.1) is 5.82 Å². The molecule has 90 valence electrons. The first-order valence-electron chi connectivity index (χ1n) is 5.94. The lowest BCUT2D eigenvalue weighted by atomic mass is 9.95. The van der Waals surface area contributed by atoms with E-state index in [9.17, 15) is 9.18 Å². The minimum atomic E-state index is -0.329. The van der Waals surface area contributed by atoms with Gasteiger partial charge in [-0.15, -0.1) is 0 Å². The summed E-state index contributed by atoms with van der Waals surface area (Å²) in [6.45, 7) is 0. The smallest absolute Gasteiger partial charge is 0.251 e. The predicted octanol–water partition coefficient (Wildman–Crippen LogP) is 1.88. The molecule has 2 saturated heterocycles. The van der Waals surface area contributed by atoms with Gasteiger partial charge in [0.1, 0.15) is 5.82 Å². The third kappa shape index (κ3) is 2.05. The van der Waals surface area contributed by atoms with E-state index in [1.54, 1.807) is 0 Å². The standard InChI is InChI=1S/C13H14FNO2/c14-9-3-1-8(2-4-9)13(16)15-11-7-10-5-6-12(11)17-10/h1-4,10-12H,5-7H2,(H,15,16). The van der Waals surface area contributed by atoms with Crippen LogP contribution in [0.15, 0.2) is 24.3 Å². The van der Waals surface area contributed by atoms with Gasteiger partial charge in [0, 0.05) is 5.56 Å². The summed E-state index contributed by atoms with van der Waals surface area (Å²) in [7, 11) is 0. The van der Waals surface area contributed by atoms with Crippen molar-refractivity contribution >= 4 is 5.91 Å². The number of carbonyl (C=O) groups is 1. The van der Waals surface area contributed by atoms with Gasteiger partial charge in [-0.05, 0) is 43.5 Å². The average Bonchev–Trinajstić information content (AvgIpc) is 2.91. The van der Waals surface area contributed by atoms with Crippen LogP contribution in [-0.2, 0) is 4.74 Å². The Kier molecular flexibility index (Phi) is 2.59. The molecular weight excluding hydrogens is 221 g/mol.